The van der Waals surface area contributed by atoms with E-state index in [1.165, 1.54) is 32.7 Å². The third-order valence-electron chi connectivity index (χ3n) is 3.50. The van der Waals surface area contributed by atoms with Crippen molar-refractivity contribution in [2.45, 2.75) is 13.8 Å². The van der Waals surface area contributed by atoms with Crippen molar-refractivity contribution < 1.29 is 4.74 Å². The monoisotopic (exact) mass is 236 g/mol. The quantitative estimate of drug-likeness (QED) is 0.631. The Balaban J connectivity index is 2.50. The minimum atomic E-state index is 0.955. The van der Waals surface area contributed by atoms with E-state index in [0.29, 0.717) is 0 Å². The highest BCUT2D eigenvalue weighted by atomic mass is 16.5. The van der Waals surface area contributed by atoms with Crippen LogP contribution >= 0.6 is 0 Å². The van der Waals surface area contributed by atoms with Gasteiger partial charge in [-0.3, -0.25) is 0 Å². The minimum absolute atomic E-state index is 0.955. The zero-order valence-corrected chi connectivity index (χ0v) is 10.9. The third kappa shape index (κ3) is 1.47. The molecule has 0 amide bonds. The summed E-state index contributed by atoms with van der Waals surface area (Å²) in [6.07, 6.45) is 2.26. The first-order chi connectivity index (χ1) is 8.72. The molecule has 1 aliphatic rings. The molecule has 0 saturated carbocycles. The number of hydrogen-bond acceptors (Lipinski definition) is 1. The molecule has 2 aromatic carbocycles. The van der Waals surface area contributed by atoms with Crippen molar-refractivity contribution in [2.75, 3.05) is 7.11 Å². The van der Waals surface area contributed by atoms with E-state index >= 15 is 0 Å². The Hall–Kier alpha value is -2.02. The van der Waals surface area contributed by atoms with E-state index in [0.717, 1.165) is 5.75 Å². The van der Waals surface area contributed by atoms with Gasteiger partial charge in [0.05, 0.1) is 7.11 Å². The summed E-state index contributed by atoms with van der Waals surface area (Å²) in [4.78, 5) is 0. The van der Waals surface area contributed by atoms with Gasteiger partial charge in [-0.15, -0.1) is 0 Å². The van der Waals surface area contributed by atoms with Crippen LogP contribution in [-0.2, 0) is 0 Å². The maximum atomic E-state index is 5.52. The zero-order chi connectivity index (χ0) is 12.7. The zero-order valence-electron chi connectivity index (χ0n) is 10.9. The van der Waals surface area contributed by atoms with E-state index in [2.05, 4.69) is 56.3 Å². The lowest BCUT2D eigenvalue weighted by Gasteiger charge is -2.08. The molecule has 1 heteroatoms. The Kier molecular flexibility index (Phi) is 2.48. The molecule has 90 valence electrons. The van der Waals surface area contributed by atoms with Crippen LogP contribution in [0.5, 0.6) is 5.75 Å². The fourth-order valence-electron chi connectivity index (χ4n) is 2.64. The summed E-state index contributed by atoms with van der Waals surface area (Å²) < 4.78 is 5.52. The standard InChI is InChI=1S/C17H16O/c1-11(2)13-8-9-16(18-3)17-14-7-5-4-6-12(14)10-15(13)17/h4-10H,1-3H3. The molecule has 0 fully saturated rings. The van der Waals surface area contributed by atoms with Gasteiger partial charge in [-0.1, -0.05) is 35.9 Å². The molecule has 0 saturated heterocycles. The van der Waals surface area contributed by atoms with Crippen LogP contribution in [0.2, 0.25) is 0 Å². The van der Waals surface area contributed by atoms with Gasteiger partial charge in [-0.25, -0.2) is 0 Å². The summed E-state index contributed by atoms with van der Waals surface area (Å²) in [6.45, 7) is 4.30. The van der Waals surface area contributed by atoms with Crippen molar-refractivity contribution in [3.8, 4) is 16.9 Å². The van der Waals surface area contributed by atoms with Crippen LogP contribution in [0.3, 0.4) is 0 Å². The molecule has 2 aromatic rings. The van der Waals surface area contributed by atoms with Crippen molar-refractivity contribution in [2.24, 2.45) is 0 Å². The lowest BCUT2D eigenvalue weighted by atomic mass is 10.0. The molecular weight excluding hydrogens is 220 g/mol. The molecule has 3 rings (SSSR count). The van der Waals surface area contributed by atoms with Crippen LogP contribution in [0.25, 0.3) is 22.8 Å². The van der Waals surface area contributed by atoms with Gasteiger partial charge in [0, 0.05) is 5.56 Å². The second-order valence-electron chi connectivity index (χ2n) is 4.84. The molecular formula is C17H16O. The van der Waals surface area contributed by atoms with E-state index in [1.54, 1.807) is 7.11 Å². The average molecular weight is 236 g/mol. The predicted octanol–water partition coefficient (Wildman–Crippen LogP) is 2.69. The van der Waals surface area contributed by atoms with Gasteiger partial charge in [0.1, 0.15) is 5.75 Å². The molecule has 0 heterocycles. The first kappa shape index (κ1) is 11.1. The average Bonchev–Trinajstić information content (AvgIpc) is 2.76. The lowest BCUT2D eigenvalue weighted by Crippen LogP contribution is -2.26. The highest BCUT2D eigenvalue weighted by molar-refractivity contribution is 5.86. The van der Waals surface area contributed by atoms with Crippen LogP contribution in [0.4, 0.5) is 0 Å². The number of rotatable bonds is 1. The fourth-order valence-corrected chi connectivity index (χ4v) is 2.64. The maximum absolute atomic E-state index is 5.52. The van der Waals surface area contributed by atoms with E-state index in [9.17, 15) is 0 Å². The minimum Gasteiger partial charge on any atom is -0.496 e. The number of benzene rings is 2. The summed E-state index contributed by atoms with van der Waals surface area (Å²) in [5.74, 6) is 0.955. The van der Waals surface area contributed by atoms with Crippen LogP contribution in [0, 0.1) is 0 Å². The van der Waals surface area contributed by atoms with Crippen molar-refractivity contribution in [1.29, 1.82) is 0 Å². The summed E-state index contributed by atoms with van der Waals surface area (Å²) in [5, 5.41) is 2.59. The summed E-state index contributed by atoms with van der Waals surface area (Å²) in [7, 11) is 1.73. The van der Waals surface area contributed by atoms with E-state index in [1.807, 2.05) is 0 Å². The van der Waals surface area contributed by atoms with E-state index in [4.69, 9.17) is 4.74 Å². The van der Waals surface area contributed by atoms with Gasteiger partial charge in [0.2, 0.25) is 0 Å². The highest BCUT2D eigenvalue weighted by Crippen LogP contribution is 2.32. The highest BCUT2D eigenvalue weighted by Gasteiger charge is 2.16. The second-order valence-corrected chi connectivity index (χ2v) is 4.84. The molecule has 0 aliphatic heterocycles. The first-order valence-electron chi connectivity index (χ1n) is 6.18. The second kappa shape index (κ2) is 4.02. The smallest absolute Gasteiger partial charge is 0.127 e. The molecule has 0 N–H and O–H groups in total. The van der Waals surface area contributed by atoms with Crippen LogP contribution < -0.4 is 15.2 Å². The number of hydrogen-bond donors (Lipinski definition) is 0. The van der Waals surface area contributed by atoms with E-state index < -0.39 is 0 Å². The Morgan fingerprint density at radius 2 is 1.78 bits per heavy atom. The van der Waals surface area contributed by atoms with Gasteiger partial charge in [0.25, 0.3) is 0 Å². The molecule has 1 aliphatic carbocycles. The molecule has 0 unspecified atom stereocenters. The summed E-state index contributed by atoms with van der Waals surface area (Å²) in [5.41, 5.74) is 5.11. The summed E-state index contributed by atoms with van der Waals surface area (Å²) >= 11 is 0. The Morgan fingerprint density at radius 3 is 2.50 bits per heavy atom. The van der Waals surface area contributed by atoms with Gasteiger partial charge in [-0.2, -0.15) is 0 Å². The van der Waals surface area contributed by atoms with Crippen LogP contribution in [0.1, 0.15) is 19.4 Å². The normalized spacial score (nSPS) is 11.5. The van der Waals surface area contributed by atoms with Crippen molar-refractivity contribution in [1.82, 2.24) is 0 Å². The summed E-state index contributed by atoms with van der Waals surface area (Å²) in [6, 6.07) is 12.7. The fraction of sp³-hybridized carbons (Fsp3) is 0.176. The molecule has 0 spiro atoms. The molecule has 1 nitrogen and oxygen atoms in total. The van der Waals surface area contributed by atoms with Gasteiger partial charge >= 0.3 is 0 Å². The number of methoxy groups -OCH3 is 1. The number of fused-ring (bicyclic) bond motifs is 3. The Bertz CT molecular complexity index is 735. The van der Waals surface area contributed by atoms with Crippen LogP contribution in [0.15, 0.2) is 36.4 Å². The SMILES string of the molecule is COc1ccc(=C(C)C)c2c1-c1ccccc1C=2. The number of ether oxygens (including phenoxy) is 1. The van der Waals surface area contributed by atoms with E-state index in [-0.39, 0.29) is 0 Å². The molecule has 0 aromatic heterocycles. The van der Waals surface area contributed by atoms with Crippen LogP contribution in [-0.4, -0.2) is 7.11 Å². The van der Waals surface area contributed by atoms with Crippen molar-refractivity contribution >= 4 is 11.6 Å². The van der Waals surface area contributed by atoms with Crippen molar-refractivity contribution in [3.63, 3.8) is 0 Å². The van der Waals surface area contributed by atoms with Gasteiger partial charge < -0.3 is 4.74 Å². The predicted molar refractivity (Wildman–Crippen MR) is 76.0 cm³/mol. The largest absolute Gasteiger partial charge is 0.496 e. The molecule has 0 atom stereocenters. The Labute approximate surface area is 107 Å². The lowest BCUT2D eigenvalue weighted by molar-refractivity contribution is 0.416. The van der Waals surface area contributed by atoms with Gasteiger partial charge in [0.15, 0.2) is 0 Å². The maximum Gasteiger partial charge on any atom is 0.127 e. The third-order valence-corrected chi connectivity index (χ3v) is 3.50. The van der Waals surface area contributed by atoms with Crippen molar-refractivity contribution in [3.05, 3.63) is 52.4 Å². The molecule has 0 bridgehead atoms. The first-order valence-corrected chi connectivity index (χ1v) is 6.18. The molecule has 0 radical (unpaired) electrons. The topological polar surface area (TPSA) is 9.23 Å². The molecule has 18 heavy (non-hydrogen) atoms. The Morgan fingerprint density at radius 1 is 1.00 bits per heavy atom. The van der Waals surface area contributed by atoms with Gasteiger partial charge in [-0.05, 0) is 47.6 Å².